The van der Waals surface area contributed by atoms with Gasteiger partial charge in [0.1, 0.15) is 23.1 Å². The molecule has 0 atom stereocenters. The molecule has 0 spiro atoms. The second kappa shape index (κ2) is 7.17. The predicted octanol–water partition coefficient (Wildman–Crippen LogP) is 3.98. The number of benzene rings is 2. The third-order valence-electron chi connectivity index (χ3n) is 2.68. The number of carbonyl (C=O) groups is 1. The van der Waals surface area contributed by atoms with E-state index in [0.29, 0.717) is 11.3 Å². The van der Waals surface area contributed by atoms with E-state index in [4.69, 9.17) is 0 Å². The topological polar surface area (TPSA) is 29.1 Å². The van der Waals surface area contributed by atoms with Gasteiger partial charge in [0.25, 0.3) is 0 Å². The van der Waals surface area contributed by atoms with Gasteiger partial charge in [-0.25, -0.2) is 13.2 Å². The van der Waals surface area contributed by atoms with Gasteiger partial charge in [-0.15, -0.1) is 11.8 Å². The molecule has 0 saturated heterocycles. The van der Waals surface area contributed by atoms with Crippen LogP contribution in [0.15, 0.2) is 42.5 Å². The van der Waals surface area contributed by atoms with Crippen LogP contribution < -0.4 is 5.32 Å². The van der Waals surface area contributed by atoms with Gasteiger partial charge in [0.15, 0.2) is 0 Å². The first kappa shape index (κ1) is 15.4. The Labute approximate surface area is 124 Å². The number of halogens is 3. The molecule has 1 N–H and O–H groups in total. The van der Waals surface area contributed by atoms with Crippen LogP contribution in [0.2, 0.25) is 0 Å². The van der Waals surface area contributed by atoms with E-state index in [1.54, 1.807) is 18.2 Å². The second-order valence-corrected chi connectivity index (χ2v) is 5.21. The molecule has 0 aromatic heterocycles. The molecular formula is C15H12F3NOS. The third kappa shape index (κ3) is 4.26. The molecule has 0 aliphatic heterocycles. The Morgan fingerprint density at radius 3 is 2.24 bits per heavy atom. The highest BCUT2D eigenvalue weighted by Crippen LogP contribution is 2.19. The van der Waals surface area contributed by atoms with Crippen LogP contribution in [0.4, 0.5) is 18.9 Å². The number of rotatable bonds is 5. The van der Waals surface area contributed by atoms with Crippen LogP contribution in [0.25, 0.3) is 0 Å². The van der Waals surface area contributed by atoms with Crippen LogP contribution in [0.5, 0.6) is 0 Å². The number of hydrogen-bond donors (Lipinski definition) is 1. The minimum Gasteiger partial charge on any atom is -0.320 e. The molecule has 110 valence electrons. The summed E-state index contributed by atoms with van der Waals surface area (Å²) in [4.78, 5) is 11.6. The Balaban J connectivity index is 1.87. The quantitative estimate of drug-likeness (QED) is 0.905. The summed E-state index contributed by atoms with van der Waals surface area (Å²) in [5, 5.41) is 2.18. The maximum Gasteiger partial charge on any atom is 0.234 e. The number of para-hydroxylation sites is 1. The van der Waals surface area contributed by atoms with Gasteiger partial charge >= 0.3 is 0 Å². The van der Waals surface area contributed by atoms with Crippen molar-refractivity contribution in [2.75, 3.05) is 11.1 Å². The van der Waals surface area contributed by atoms with Crippen molar-refractivity contribution in [1.82, 2.24) is 0 Å². The summed E-state index contributed by atoms with van der Waals surface area (Å²) in [5.74, 6) is -2.27. The molecule has 0 saturated carbocycles. The van der Waals surface area contributed by atoms with E-state index < -0.39 is 23.2 Å². The third-order valence-corrected chi connectivity index (χ3v) is 3.66. The highest BCUT2D eigenvalue weighted by molar-refractivity contribution is 7.99. The van der Waals surface area contributed by atoms with Crippen molar-refractivity contribution in [3.05, 3.63) is 65.5 Å². The molecule has 0 bridgehead atoms. The fourth-order valence-corrected chi connectivity index (χ4v) is 2.48. The summed E-state index contributed by atoms with van der Waals surface area (Å²) >= 11 is 1.16. The molecule has 0 radical (unpaired) electrons. The molecular weight excluding hydrogens is 299 g/mol. The Morgan fingerprint density at radius 1 is 0.952 bits per heavy atom. The number of anilines is 1. The molecule has 1 amide bonds. The number of amides is 1. The highest BCUT2D eigenvalue weighted by atomic mass is 32.2. The first-order chi connectivity index (χ1) is 10.1. The normalized spacial score (nSPS) is 10.4. The van der Waals surface area contributed by atoms with Crippen LogP contribution in [0.1, 0.15) is 5.56 Å². The van der Waals surface area contributed by atoms with Gasteiger partial charge in [-0.05, 0) is 23.8 Å². The van der Waals surface area contributed by atoms with E-state index in [-0.39, 0.29) is 11.6 Å². The Hall–Kier alpha value is -1.95. The van der Waals surface area contributed by atoms with Crippen LogP contribution in [-0.2, 0) is 10.5 Å². The van der Waals surface area contributed by atoms with Crippen molar-refractivity contribution >= 4 is 23.4 Å². The van der Waals surface area contributed by atoms with Gasteiger partial charge in [-0.2, -0.15) is 0 Å². The van der Waals surface area contributed by atoms with Crippen LogP contribution in [-0.4, -0.2) is 11.7 Å². The SMILES string of the molecule is O=C(CSCc1ccccc1F)Nc1c(F)cccc1F. The van der Waals surface area contributed by atoms with Crippen molar-refractivity contribution in [3.63, 3.8) is 0 Å². The van der Waals surface area contributed by atoms with Gasteiger partial charge in [-0.3, -0.25) is 4.79 Å². The standard InChI is InChI=1S/C15H12F3NOS/c16-11-5-2-1-4-10(11)8-21-9-14(20)19-15-12(17)6-3-7-13(15)18/h1-7H,8-9H2,(H,19,20). The lowest BCUT2D eigenvalue weighted by molar-refractivity contribution is -0.113. The molecule has 2 nitrogen and oxygen atoms in total. The van der Waals surface area contributed by atoms with Crippen molar-refractivity contribution in [3.8, 4) is 0 Å². The molecule has 2 rings (SSSR count). The summed E-state index contributed by atoms with van der Waals surface area (Å²) in [5.41, 5.74) is 0.0152. The van der Waals surface area contributed by atoms with E-state index in [0.717, 1.165) is 23.9 Å². The first-order valence-electron chi connectivity index (χ1n) is 6.13. The molecule has 0 aliphatic rings. The average Bonchev–Trinajstić information content (AvgIpc) is 2.45. The molecule has 0 aliphatic carbocycles. The lowest BCUT2D eigenvalue weighted by Gasteiger charge is -2.07. The number of thioether (sulfide) groups is 1. The average molecular weight is 311 g/mol. The molecule has 2 aromatic carbocycles. The Morgan fingerprint density at radius 2 is 1.57 bits per heavy atom. The van der Waals surface area contributed by atoms with Gasteiger partial charge in [0.05, 0.1) is 5.75 Å². The number of carbonyl (C=O) groups excluding carboxylic acids is 1. The minimum atomic E-state index is -0.831. The zero-order chi connectivity index (χ0) is 15.2. The predicted molar refractivity (Wildman–Crippen MR) is 77.5 cm³/mol. The maximum absolute atomic E-state index is 13.4. The first-order valence-corrected chi connectivity index (χ1v) is 7.28. The van der Waals surface area contributed by atoms with Crippen molar-refractivity contribution < 1.29 is 18.0 Å². The molecule has 21 heavy (non-hydrogen) atoms. The summed E-state index contributed by atoms with van der Waals surface area (Å²) < 4.78 is 40.0. The lowest BCUT2D eigenvalue weighted by Crippen LogP contribution is -2.16. The van der Waals surface area contributed by atoms with Crippen LogP contribution in [0, 0.1) is 17.5 Å². The van der Waals surface area contributed by atoms with Crippen LogP contribution in [0.3, 0.4) is 0 Å². The van der Waals surface area contributed by atoms with Gasteiger partial charge in [0.2, 0.25) is 5.91 Å². The molecule has 6 heteroatoms. The second-order valence-electron chi connectivity index (χ2n) is 4.23. The zero-order valence-corrected chi connectivity index (χ0v) is 11.7. The zero-order valence-electron chi connectivity index (χ0n) is 10.9. The lowest BCUT2D eigenvalue weighted by atomic mass is 10.2. The van der Waals surface area contributed by atoms with Crippen molar-refractivity contribution in [2.45, 2.75) is 5.75 Å². The summed E-state index contributed by atoms with van der Waals surface area (Å²) in [6.07, 6.45) is 0. The van der Waals surface area contributed by atoms with E-state index in [1.165, 1.54) is 12.1 Å². The van der Waals surface area contributed by atoms with Crippen molar-refractivity contribution in [1.29, 1.82) is 0 Å². The van der Waals surface area contributed by atoms with Crippen LogP contribution >= 0.6 is 11.8 Å². The molecule has 0 heterocycles. The summed E-state index contributed by atoms with van der Waals surface area (Å²) in [6.45, 7) is 0. The fraction of sp³-hybridized carbons (Fsp3) is 0.133. The van der Waals surface area contributed by atoms with E-state index in [9.17, 15) is 18.0 Å². The van der Waals surface area contributed by atoms with Gasteiger partial charge in [-0.1, -0.05) is 24.3 Å². The van der Waals surface area contributed by atoms with Crippen molar-refractivity contribution in [2.24, 2.45) is 0 Å². The Kier molecular flexibility index (Phi) is 5.27. The minimum absolute atomic E-state index is 0.0257. The van der Waals surface area contributed by atoms with Gasteiger partial charge in [0, 0.05) is 5.75 Å². The van der Waals surface area contributed by atoms with E-state index in [2.05, 4.69) is 5.32 Å². The summed E-state index contributed by atoms with van der Waals surface area (Å²) in [7, 11) is 0. The molecule has 2 aromatic rings. The molecule has 0 unspecified atom stereocenters. The molecule has 0 fully saturated rings. The number of nitrogens with one attached hydrogen (secondary N) is 1. The largest absolute Gasteiger partial charge is 0.320 e. The van der Waals surface area contributed by atoms with E-state index in [1.807, 2.05) is 0 Å². The summed E-state index contributed by atoms with van der Waals surface area (Å²) in [6, 6.07) is 9.58. The monoisotopic (exact) mass is 311 g/mol. The maximum atomic E-state index is 13.4. The highest BCUT2D eigenvalue weighted by Gasteiger charge is 2.12. The number of hydrogen-bond acceptors (Lipinski definition) is 2. The fourth-order valence-electron chi connectivity index (χ4n) is 1.66. The van der Waals surface area contributed by atoms with E-state index >= 15 is 0 Å². The Bertz CT molecular complexity index is 628. The van der Waals surface area contributed by atoms with Gasteiger partial charge < -0.3 is 5.32 Å². The smallest absolute Gasteiger partial charge is 0.234 e.